The van der Waals surface area contributed by atoms with Crippen molar-refractivity contribution >= 4 is 27.0 Å². The van der Waals surface area contributed by atoms with Crippen molar-refractivity contribution < 1.29 is 13.2 Å². The van der Waals surface area contributed by atoms with Gasteiger partial charge < -0.3 is 9.88 Å². The Bertz CT molecular complexity index is 969. The van der Waals surface area contributed by atoms with Crippen LogP contribution in [0.3, 0.4) is 0 Å². The molecule has 0 aliphatic heterocycles. The molecule has 0 fully saturated rings. The van der Waals surface area contributed by atoms with E-state index in [4.69, 9.17) is 6.42 Å². The number of hydrogen-bond donors (Lipinski definition) is 1. The number of amides is 1. The summed E-state index contributed by atoms with van der Waals surface area (Å²) in [5.41, 5.74) is 1.50. The zero-order valence-electron chi connectivity index (χ0n) is 16.7. The number of nitrogens with zero attached hydrogens (tertiary/aromatic N) is 3. The molecule has 1 aromatic heterocycles. The van der Waals surface area contributed by atoms with E-state index in [2.05, 4.69) is 27.7 Å². The van der Waals surface area contributed by atoms with E-state index >= 15 is 0 Å². The number of sulfonamides is 1. The minimum atomic E-state index is -3.54. The highest BCUT2D eigenvalue weighted by Gasteiger charge is 2.23. The average Bonchev–Trinajstić information content (AvgIpc) is 3.02. The molecular weight excluding hydrogens is 376 g/mol. The van der Waals surface area contributed by atoms with Crippen molar-refractivity contribution in [2.45, 2.75) is 51.5 Å². The second-order valence-electron chi connectivity index (χ2n) is 6.40. The summed E-state index contributed by atoms with van der Waals surface area (Å²) in [6, 6.07) is 5.06. The van der Waals surface area contributed by atoms with E-state index < -0.39 is 10.0 Å². The number of carbonyl (C=O) groups is 1. The Morgan fingerprint density at radius 3 is 2.61 bits per heavy atom. The third-order valence-corrected chi connectivity index (χ3v) is 6.60. The quantitative estimate of drug-likeness (QED) is 0.615. The number of aromatic nitrogens is 2. The van der Waals surface area contributed by atoms with Gasteiger partial charge in [-0.25, -0.2) is 13.4 Å². The topological polar surface area (TPSA) is 84.3 Å². The van der Waals surface area contributed by atoms with Gasteiger partial charge in [0.25, 0.3) is 0 Å². The minimum Gasteiger partial charge on any atom is -0.345 e. The van der Waals surface area contributed by atoms with Gasteiger partial charge in [0.1, 0.15) is 5.82 Å². The Morgan fingerprint density at radius 1 is 1.29 bits per heavy atom. The Labute approximate surface area is 167 Å². The van der Waals surface area contributed by atoms with Gasteiger partial charge in [-0.15, -0.1) is 6.42 Å². The average molecular weight is 405 g/mol. The zero-order valence-corrected chi connectivity index (χ0v) is 17.6. The summed E-state index contributed by atoms with van der Waals surface area (Å²) in [7, 11) is -3.54. The smallest absolute Gasteiger partial charge is 0.243 e. The summed E-state index contributed by atoms with van der Waals surface area (Å²) < 4.78 is 29.1. The first kappa shape index (κ1) is 21.9. The molecule has 2 rings (SSSR count). The Kier molecular flexibility index (Phi) is 7.61. The first-order chi connectivity index (χ1) is 13.4. The maximum atomic E-state index is 12.8. The van der Waals surface area contributed by atoms with Crippen molar-refractivity contribution in [3.8, 4) is 12.3 Å². The Morgan fingerprint density at radius 2 is 2.00 bits per heavy atom. The molecule has 0 radical (unpaired) electrons. The van der Waals surface area contributed by atoms with Gasteiger partial charge in [-0.1, -0.05) is 26.7 Å². The molecule has 1 N–H and O–H groups in total. The molecule has 8 heteroatoms. The van der Waals surface area contributed by atoms with Gasteiger partial charge in [0.15, 0.2) is 0 Å². The highest BCUT2D eigenvalue weighted by Crippen LogP contribution is 2.24. The predicted octanol–water partition coefficient (Wildman–Crippen LogP) is 2.16. The molecule has 7 nitrogen and oxygen atoms in total. The summed E-state index contributed by atoms with van der Waals surface area (Å²) in [4.78, 5) is 16.7. The van der Waals surface area contributed by atoms with Crippen molar-refractivity contribution in [2.24, 2.45) is 0 Å². The van der Waals surface area contributed by atoms with Crippen molar-refractivity contribution in [3.05, 3.63) is 24.0 Å². The maximum absolute atomic E-state index is 12.8. The van der Waals surface area contributed by atoms with Gasteiger partial charge >= 0.3 is 0 Å². The lowest BCUT2D eigenvalue weighted by molar-refractivity contribution is -0.120. The van der Waals surface area contributed by atoms with Crippen LogP contribution in [0.1, 0.15) is 39.4 Å². The van der Waals surface area contributed by atoms with E-state index in [-0.39, 0.29) is 23.8 Å². The van der Waals surface area contributed by atoms with Crippen molar-refractivity contribution in [1.29, 1.82) is 0 Å². The van der Waals surface area contributed by atoms with Crippen LogP contribution in [0.5, 0.6) is 0 Å². The van der Waals surface area contributed by atoms with E-state index in [0.29, 0.717) is 25.0 Å². The van der Waals surface area contributed by atoms with Crippen molar-refractivity contribution in [1.82, 2.24) is 19.2 Å². The molecule has 1 amide bonds. The third kappa shape index (κ3) is 4.72. The fraction of sp³-hybridized carbons (Fsp3) is 0.500. The molecule has 28 heavy (non-hydrogen) atoms. The molecule has 0 aliphatic rings. The number of terminal acetylenes is 1. The normalized spacial score (nSPS) is 11.7. The van der Waals surface area contributed by atoms with Gasteiger partial charge in [0.05, 0.1) is 22.5 Å². The first-order valence-electron chi connectivity index (χ1n) is 9.58. The maximum Gasteiger partial charge on any atom is 0.243 e. The highest BCUT2D eigenvalue weighted by molar-refractivity contribution is 7.89. The van der Waals surface area contributed by atoms with Crippen LogP contribution in [0.25, 0.3) is 11.0 Å². The Balaban J connectivity index is 2.38. The monoisotopic (exact) mass is 404 g/mol. The predicted molar refractivity (Wildman–Crippen MR) is 110 cm³/mol. The molecule has 0 spiro atoms. The number of rotatable bonds is 10. The van der Waals surface area contributed by atoms with Crippen molar-refractivity contribution in [3.63, 3.8) is 0 Å². The van der Waals surface area contributed by atoms with E-state index in [1.165, 1.54) is 4.31 Å². The van der Waals surface area contributed by atoms with Crippen LogP contribution in [0.15, 0.2) is 23.1 Å². The second-order valence-corrected chi connectivity index (χ2v) is 8.34. The van der Waals surface area contributed by atoms with Crippen molar-refractivity contribution in [2.75, 3.05) is 19.6 Å². The van der Waals surface area contributed by atoms with Gasteiger partial charge in [0, 0.05) is 32.5 Å². The molecule has 2 aromatic rings. The van der Waals surface area contributed by atoms with Gasteiger partial charge in [-0.2, -0.15) is 4.31 Å². The van der Waals surface area contributed by atoms with Crippen LogP contribution >= 0.6 is 0 Å². The molecule has 1 heterocycles. The molecule has 0 saturated heterocycles. The van der Waals surface area contributed by atoms with E-state index in [9.17, 15) is 13.2 Å². The number of fused-ring (bicyclic) bond motifs is 1. The van der Waals surface area contributed by atoms with Gasteiger partial charge in [-0.05, 0) is 24.6 Å². The first-order valence-corrected chi connectivity index (χ1v) is 11.0. The number of benzene rings is 1. The van der Waals surface area contributed by atoms with E-state index in [0.717, 1.165) is 24.3 Å². The summed E-state index contributed by atoms with van der Waals surface area (Å²) in [6.07, 6.45) is 6.80. The molecule has 0 saturated carbocycles. The molecule has 1 aromatic carbocycles. The van der Waals surface area contributed by atoms with Crippen LogP contribution in [0.2, 0.25) is 0 Å². The number of imidazole rings is 1. The zero-order chi connectivity index (χ0) is 20.7. The molecule has 0 unspecified atom stereocenters. The lowest BCUT2D eigenvalue weighted by atomic mass is 10.2. The number of nitrogens with one attached hydrogen (secondary N) is 1. The fourth-order valence-corrected chi connectivity index (χ4v) is 4.64. The van der Waals surface area contributed by atoms with Gasteiger partial charge in [0.2, 0.25) is 15.9 Å². The number of hydrogen-bond acceptors (Lipinski definition) is 4. The lowest BCUT2D eigenvalue weighted by Crippen LogP contribution is -2.30. The lowest BCUT2D eigenvalue weighted by Gasteiger charge is -2.18. The fourth-order valence-electron chi connectivity index (χ4n) is 3.16. The summed E-state index contributed by atoms with van der Waals surface area (Å²) in [5, 5.41) is 2.65. The Hall–Kier alpha value is -2.37. The molecule has 152 valence electrons. The highest BCUT2D eigenvalue weighted by atomic mass is 32.2. The summed E-state index contributed by atoms with van der Waals surface area (Å²) in [6.45, 7) is 7.49. The van der Waals surface area contributed by atoms with E-state index in [1.807, 2.05) is 13.8 Å². The van der Waals surface area contributed by atoms with E-state index in [1.54, 1.807) is 18.2 Å². The SMILES string of the molecule is C#CCNC(=O)CCc1nc2cc(S(=O)(=O)N(CC)CC)ccc2n1CCC. The summed E-state index contributed by atoms with van der Waals surface area (Å²) >= 11 is 0. The van der Waals surface area contributed by atoms with Crippen LogP contribution in [-0.2, 0) is 27.8 Å². The molecule has 0 aliphatic carbocycles. The number of aryl methyl sites for hydroxylation is 2. The molecular formula is C20H28N4O3S. The van der Waals surface area contributed by atoms with Crippen LogP contribution < -0.4 is 5.32 Å². The largest absolute Gasteiger partial charge is 0.345 e. The van der Waals surface area contributed by atoms with Crippen LogP contribution in [0, 0.1) is 12.3 Å². The summed E-state index contributed by atoms with van der Waals surface area (Å²) in [5.74, 6) is 3.02. The number of carbonyl (C=O) groups excluding carboxylic acids is 1. The second kappa shape index (κ2) is 9.71. The van der Waals surface area contributed by atoms with Crippen LogP contribution in [0.4, 0.5) is 0 Å². The van der Waals surface area contributed by atoms with Crippen LogP contribution in [-0.4, -0.2) is 47.8 Å². The third-order valence-electron chi connectivity index (χ3n) is 4.55. The standard InChI is InChI=1S/C20H28N4O3S/c1-5-13-21-20(25)12-11-19-22-17-15-16(28(26,27)23(7-3)8-4)9-10-18(17)24(19)14-6-2/h1,9-10,15H,6-8,11-14H2,2-4H3,(H,21,25). The minimum absolute atomic E-state index is 0.127. The van der Waals surface area contributed by atoms with Gasteiger partial charge in [-0.3, -0.25) is 4.79 Å². The molecule has 0 bridgehead atoms. The molecule has 0 atom stereocenters.